The number of nitrogens with one attached hydrogen (secondary N) is 2. The monoisotopic (exact) mass is 333 g/mol. The van der Waals surface area contributed by atoms with Crippen LogP contribution in [0, 0.1) is 0 Å². The lowest BCUT2D eigenvalue weighted by Gasteiger charge is -2.17. The van der Waals surface area contributed by atoms with Crippen molar-refractivity contribution in [3.63, 3.8) is 0 Å². The predicted octanol–water partition coefficient (Wildman–Crippen LogP) is -2.28. The summed E-state index contributed by atoms with van der Waals surface area (Å²) in [5.74, 6) is -4.47. The van der Waals surface area contributed by atoms with Gasteiger partial charge in [0.15, 0.2) is 5.96 Å². The lowest BCUT2D eigenvalue weighted by molar-refractivity contribution is -0.145. The molecule has 0 fully saturated rings. The van der Waals surface area contributed by atoms with Crippen molar-refractivity contribution >= 4 is 29.9 Å². The Bertz CT molecular complexity index is 489. The first kappa shape index (κ1) is 19.9. The van der Waals surface area contributed by atoms with Gasteiger partial charge in [0.05, 0.1) is 6.42 Å². The van der Waals surface area contributed by atoms with Gasteiger partial charge < -0.3 is 37.4 Å². The van der Waals surface area contributed by atoms with Crippen molar-refractivity contribution in [1.29, 1.82) is 0 Å². The maximum Gasteiger partial charge on any atom is 0.326 e. The molecule has 0 aromatic rings. The first-order valence-electron chi connectivity index (χ1n) is 6.43. The second kappa shape index (κ2) is 9.81. The number of carbonyl (C=O) groups is 4. The molecule has 0 spiro atoms. The van der Waals surface area contributed by atoms with Crippen molar-refractivity contribution in [2.75, 3.05) is 6.54 Å². The Kier molecular flexibility index (Phi) is 8.51. The van der Waals surface area contributed by atoms with Crippen LogP contribution < -0.4 is 22.1 Å². The quantitative estimate of drug-likeness (QED) is 0.130. The third kappa shape index (κ3) is 9.49. The van der Waals surface area contributed by atoms with Crippen LogP contribution in [-0.2, 0) is 14.4 Å². The molecular formula is C11H19N5O7. The number of nitrogens with two attached hydrogens (primary N) is 2. The van der Waals surface area contributed by atoms with E-state index in [0.717, 1.165) is 0 Å². The minimum absolute atomic E-state index is 0.00377. The van der Waals surface area contributed by atoms with Crippen LogP contribution in [0.2, 0.25) is 0 Å². The van der Waals surface area contributed by atoms with Gasteiger partial charge in [-0.2, -0.15) is 0 Å². The average Bonchev–Trinajstić information content (AvgIpc) is 2.40. The lowest BCUT2D eigenvalue weighted by Crippen LogP contribution is -2.51. The standard InChI is InChI=1S/C11H19N5O7/c12-10(13)14-3-1-2-5(8(19)20)15-11(23)16-6(9(21)22)4-7(17)18/h5-6H,1-4H2,(H,17,18)(H,19,20)(H,21,22)(H4,12,13,14)(H2,15,16,23)/t5?,6-/m0/s1. The number of aliphatic imine (C=N–C) groups is 1. The molecule has 9 N–H and O–H groups in total. The van der Waals surface area contributed by atoms with E-state index >= 15 is 0 Å². The fraction of sp³-hybridized carbons (Fsp3) is 0.545. The number of nitrogens with zero attached hydrogens (tertiary/aromatic N) is 1. The van der Waals surface area contributed by atoms with E-state index in [1.165, 1.54) is 0 Å². The maximum atomic E-state index is 11.6. The first-order chi connectivity index (χ1) is 10.6. The third-order valence-corrected chi connectivity index (χ3v) is 2.53. The summed E-state index contributed by atoms with van der Waals surface area (Å²) in [6.45, 7) is 0.159. The lowest BCUT2D eigenvalue weighted by atomic mass is 10.1. The van der Waals surface area contributed by atoms with E-state index in [9.17, 15) is 19.2 Å². The number of hydrogen-bond acceptors (Lipinski definition) is 5. The highest BCUT2D eigenvalue weighted by atomic mass is 16.4. The summed E-state index contributed by atoms with van der Waals surface area (Å²) < 4.78 is 0. The van der Waals surface area contributed by atoms with Crippen LogP contribution in [0.15, 0.2) is 4.99 Å². The number of aliphatic carboxylic acids is 3. The zero-order valence-electron chi connectivity index (χ0n) is 12.1. The topological polar surface area (TPSA) is 217 Å². The van der Waals surface area contributed by atoms with Crippen LogP contribution in [-0.4, -0.2) is 63.8 Å². The Morgan fingerprint density at radius 2 is 1.48 bits per heavy atom. The van der Waals surface area contributed by atoms with E-state index in [0.29, 0.717) is 0 Å². The van der Waals surface area contributed by atoms with Crippen molar-refractivity contribution in [2.24, 2.45) is 16.5 Å². The number of hydrogen-bond donors (Lipinski definition) is 7. The molecule has 23 heavy (non-hydrogen) atoms. The van der Waals surface area contributed by atoms with Crippen molar-refractivity contribution in [2.45, 2.75) is 31.3 Å². The number of urea groups is 1. The summed E-state index contributed by atoms with van der Waals surface area (Å²) in [4.78, 5) is 47.6. The van der Waals surface area contributed by atoms with Gasteiger partial charge in [0, 0.05) is 6.54 Å². The van der Waals surface area contributed by atoms with Gasteiger partial charge in [0.1, 0.15) is 12.1 Å². The zero-order valence-corrected chi connectivity index (χ0v) is 12.1. The summed E-state index contributed by atoms with van der Waals surface area (Å²) in [7, 11) is 0. The average molecular weight is 333 g/mol. The van der Waals surface area contributed by atoms with Gasteiger partial charge in [0.2, 0.25) is 0 Å². The minimum Gasteiger partial charge on any atom is -0.481 e. The van der Waals surface area contributed by atoms with Gasteiger partial charge in [0.25, 0.3) is 0 Å². The third-order valence-electron chi connectivity index (χ3n) is 2.53. The molecule has 0 radical (unpaired) electrons. The highest BCUT2D eigenvalue weighted by Crippen LogP contribution is 1.99. The molecular weight excluding hydrogens is 314 g/mol. The molecule has 2 amide bonds. The van der Waals surface area contributed by atoms with E-state index < -0.39 is 42.4 Å². The van der Waals surface area contributed by atoms with E-state index in [2.05, 4.69) is 4.99 Å². The number of amides is 2. The van der Waals surface area contributed by atoms with Crippen LogP contribution in [0.1, 0.15) is 19.3 Å². The van der Waals surface area contributed by atoms with Crippen LogP contribution in [0.4, 0.5) is 4.79 Å². The normalized spacial score (nSPS) is 12.5. The van der Waals surface area contributed by atoms with Crippen LogP contribution in [0.3, 0.4) is 0 Å². The summed E-state index contributed by atoms with van der Waals surface area (Å²) in [6.07, 6.45) is -0.589. The molecule has 2 atom stereocenters. The summed E-state index contributed by atoms with van der Waals surface area (Å²) in [6, 6.07) is -4.08. The predicted molar refractivity (Wildman–Crippen MR) is 76.7 cm³/mol. The van der Waals surface area contributed by atoms with Crippen molar-refractivity contribution in [3.05, 3.63) is 0 Å². The molecule has 0 rings (SSSR count). The molecule has 0 aromatic carbocycles. The molecule has 0 saturated carbocycles. The van der Waals surface area contributed by atoms with Crippen LogP contribution in [0.25, 0.3) is 0 Å². The van der Waals surface area contributed by atoms with Gasteiger partial charge in [-0.3, -0.25) is 9.79 Å². The molecule has 0 aliphatic rings. The molecule has 130 valence electrons. The Morgan fingerprint density at radius 1 is 0.957 bits per heavy atom. The maximum absolute atomic E-state index is 11.6. The Balaban J connectivity index is 4.53. The Morgan fingerprint density at radius 3 is 1.91 bits per heavy atom. The van der Waals surface area contributed by atoms with Gasteiger partial charge in [-0.1, -0.05) is 0 Å². The number of rotatable bonds is 10. The van der Waals surface area contributed by atoms with Crippen molar-refractivity contribution in [1.82, 2.24) is 10.6 Å². The fourth-order valence-electron chi connectivity index (χ4n) is 1.49. The number of carboxylic acids is 3. The second-order valence-corrected chi connectivity index (χ2v) is 4.45. The largest absolute Gasteiger partial charge is 0.481 e. The van der Waals surface area contributed by atoms with Crippen LogP contribution in [0.5, 0.6) is 0 Å². The highest BCUT2D eigenvalue weighted by molar-refractivity contribution is 5.88. The molecule has 12 nitrogen and oxygen atoms in total. The van der Waals surface area contributed by atoms with Gasteiger partial charge in [-0.25, -0.2) is 14.4 Å². The molecule has 0 saturated heterocycles. The fourth-order valence-corrected chi connectivity index (χ4v) is 1.49. The Hall–Kier alpha value is -3.05. The van der Waals surface area contributed by atoms with E-state index in [-0.39, 0.29) is 25.3 Å². The van der Waals surface area contributed by atoms with Crippen LogP contribution >= 0.6 is 0 Å². The summed E-state index contributed by atoms with van der Waals surface area (Å²) in [5.41, 5.74) is 10.2. The smallest absolute Gasteiger partial charge is 0.326 e. The van der Waals surface area contributed by atoms with Gasteiger partial charge >= 0.3 is 23.9 Å². The van der Waals surface area contributed by atoms with E-state index in [1.54, 1.807) is 0 Å². The number of carboxylic acid groups (broad SMARTS) is 3. The van der Waals surface area contributed by atoms with Crippen molar-refractivity contribution in [3.8, 4) is 0 Å². The SMILES string of the molecule is NC(N)=NCCCC(NC(=O)N[C@@H](CC(=O)O)C(=O)O)C(=O)O. The van der Waals surface area contributed by atoms with E-state index in [4.69, 9.17) is 26.8 Å². The first-order valence-corrected chi connectivity index (χ1v) is 6.43. The van der Waals surface area contributed by atoms with E-state index in [1.807, 2.05) is 10.6 Å². The molecule has 0 bridgehead atoms. The van der Waals surface area contributed by atoms with Gasteiger partial charge in [-0.05, 0) is 12.8 Å². The molecule has 1 unspecified atom stereocenters. The number of guanidine groups is 1. The molecule has 0 aromatic heterocycles. The molecule has 0 aliphatic carbocycles. The molecule has 0 aliphatic heterocycles. The zero-order chi connectivity index (χ0) is 18.0. The molecule has 12 heteroatoms. The van der Waals surface area contributed by atoms with Gasteiger partial charge in [-0.15, -0.1) is 0 Å². The summed E-state index contributed by atoms with van der Waals surface area (Å²) in [5, 5.41) is 30.2. The van der Waals surface area contributed by atoms with Crippen molar-refractivity contribution < 1.29 is 34.5 Å². The number of carbonyl (C=O) groups excluding carboxylic acids is 1. The Labute approximate surface area is 130 Å². The second-order valence-electron chi connectivity index (χ2n) is 4.45. The highest BCUT2D eigenvalue weighted by Gasteiger charge is 2.25. The minimum atomic E-state index is -1.68. The molecule has 0 heterocycles. The summed E-state index contributed by atoms with van der Waals surface area (Å²) >= 11 is 0.